The number of hydrogen-bond donors (Lipinski definition) is 2. The molecule has 0 aliphatic carbocycles. The zero-order valence-electron chi connectivity index (χ0n) is 23.1. The molecule has 3 aromatic carbocycles. The lowest BCUT2D eigenvalue weighted by Crippen LogP contribution is -2.51. The molecule has 4 heterocycles. The molecular formula is C31H29Cl2FN8O. The Morgan fingerprint density at radius 2 is 1.70 bits per heavy atom. The molecule has 5 aromatic rings. The van der Waals surface area contributed by atoms with Gasteiger partial charge in [-0.25, -0.2) is 19.0 Å². The Hall–Kier alpha value is -3.83. The Balaban J connectivity index is 1.16. The lowest BCUT2D eigenvalue weighted by molar-refractivity contribution is -0.0734. The van der Waals surface area contributed by atoms with E-state index in [9.17, 15) is 4.39 Å². The average molecular weight is 620 g/mol. The van der Waals surface area contributed by atoms with E-state index >= 15 is 0 Å². The highest BCUT2D eigenvalue weighted by atomic mass is 35.5. The molecule has 12 heteroatoms. The molecular weight excluding hydrogens is 590 g/mol. The molecule has 43 heavy (non-hydrogen) atoms. The molecule has 0 amide bonds. The fourth-order valence-corrected chi connectivity index (χ4v) is 5.96. The molecule has 0 spiro atoms. The molecule has 9 nitrogen and oxygen atoms in total. The number of anilines is 3. The third kappa shape index (κ3) is 6.01. The van der Waals surface area contributed by atoms with Gasteiger partial charge >= 0.3 is 0 Å². The van der Waals surface area contributed by atoms with Crippen LogP contribution in [-0.2, 0) is 4.74 Å². The van der Waals surface area contributed by atoms with Crippen molar-refractivity contribution >= 4 is 51.3 Å². The highest BCUT2D eigenvalue weighted by molar-refractivity contribution is 6.31. The number of aromatic nitrogens is 5. The number of fused-ring (bicyclic) bond motifs is 1. The van der Waals surface area contributed by atoms with Crippen LogP contribution in [0.2, 0.25) is 10.0 Å². The summed E-state index contributed by atoms with van der Waals surface area (Å²) in [5.41, 5.74) is 4.02. The van der Waals surface area contributed by atoms with Gasteiger partial charge in [-0.3, -0.25) is 4.90 Å². The number of ether oxygens (including phenoxy) is 1. The molecule has 0 unspecified atom stereocenters. The first-order valence-electron chi connectivity index (χ1n) is 14.2. The SMILES string of the molecule is Fc1ccc(Nc2ncnc3ccc(N[C@@H](c4ccc(Cl)cc4)c4cn(C5CCN(C6COC6)CC5)nn4)cc23)cc1Cl. The van der Waals surface area contributed by atoms with Crippen molar-refractivity contribution in [2.75, 3.05) is 36.9 Å². The standard InChI is InChI=1S/C31H29Cl2FN8O/c32-20-3-1-19(2-4-20)30(29-15-42(40-39-29)23-9-11-41(12-10-23)24-16-43-17-24)37-21-6-8-28-25(13-21)31(36-18-35-28)38-22-5-7-27(34)26(33)14-22/h1-8,13-15,18,23-24,30,37H,9-12,16-17H2,(H,35,36,38)/t30-/m0/s1. The first-order chi connectivity index (χ1) is 21.0. The Kier molecular flexibility index (Phi) is 7.83. The summed E-state index contributed by atoms with van der Waals surface area (Å²) in [6, 6.07) is 18.7. The third-order valence-corrected chi connectivity index (χ3v) is 8.71. The number of likely N-dealkylation sites (tertiary alicyclic amines) is 1. The number of nitrogens with one attached hydrogen (secondary N) is 2. The van der Waals surface area contributed by atoms with E-state index in [-0.39, 0.29) is 11.1 Å². The molecule has 2 fully saturated rings. The molecule has 2 aliphatic rings. The zero-order chi connectivity index (χ0) is 29.3. The normalized spacial score (nSPS) is 17.1. The van der Waals surface area contributed by atoms with Crippen molar-refractivity contribution in [3.8, 4) is 0 Å². The van der Waals surface area contributed by atoms with Crippen molar-refractivity contribution in [2.45, 2.75) is 31.0 Å². The minimum atomic E-state index is -0.481. The number of rotatable bonds is 8. The van der Waals surface area contributed by atoms with Gasteiger partial charge in [0.25, 0.3) is 0 Å². The Bertz CT molecular complexity index is 1740. The summed E-state index contributed by atoms with van der Waals surface area (Å²) < 4.78 is 21.1. The second-order valence-electron chi connectivity index (χ2n) is 10.9. The van der Waals surface area contributed by atoms with Gasteiger partial charge in [-0.05, 0) is 66.9 Å². The van der Waals surface area contributed by atoms with Gasteiger partial charge in [-0.2, -0.15) is 0 Å². The molecule has 1 atom stereocenters. The Labute approximate surface area is 258 Å². The van der Waals surface area contributed by atoms with Crippen LogP contribution in [0.25, 0.3) is 10.9 Å². The van der Waals surface area contributed by atoms with Crippen LogP contribution >= 0.6 is 23.2 Å². The summed E-state index contributed by atoms with van der Waals surface area (Å²) >= 11 is 12.2. The lowest BCUT2D eigenvalue weighted by Gasteiger charge is -2.41. The minimum Gasteiger partial charge on any atom is -0.378 e. The smallest absolute Gasteiger partial charge is 0.141 e. The van der Waals surface area contributed by atoms with Gasteiger partial charge in [-0.1, -0.05) is 40.5 Å². The predicted octanol–water partition coefficient (Wildman–Crippen LogP) is 6.65. The second kappa shape index (κ2) is 12.0. The van der Waals surface area contributed by atoms with E-state index in [4.69, 9.17) is 27.9 Å². The van der Waals surface area contributed by atoms with E-state index in [1.807, 2.05) is 47.1 Å². The largest absolute Gasteiger partial charge is 0.378 e. The van der Waals surface area contributed by atoms with Crippen molar-refractivity contribution in [1.29, 1.82) is 0 Å². The number of piperidine rings is 1. The highest BCUT2D eigenvalue weighted by Gasteiger charge is 2.31. The van der Waals surface area contributed by atoms with Crippen molar-refractivity contribution in [3.63, 3.8) is 0 Å². The highest BCUT2D eigenvalue weighted by Crippen LogP contribution is 2.32. The summed E-state index contributed by atoms with van der Waals surface area (Å²) in [6.45, 7) is 3.75. The van der Waals surface area contributed by atoms with E-state index in [1.54, 1.807) is 6.07 Å². The van der Waals surface area contributed by atoms with Gasteiger partial charge in [0.2, 0.25) is 0 Å². The fraction of sp³-hybridized carbons (Fsp3) is 0.290. The van der Waals surface area contributed by atoms with Crippen LogP contribution in [0.5, 0.6) is 0 Å². The van der Waals surface area contributed by atoms with Gasteiger partial charge in [0.05, 0.1) is 48.1 Å². The van der Waals surface area contributed by atoms with E-state index in [0.29, 0.717) is 28.6 Å². The second-order valence-corrected chi connectivity index (χ2v) is 11.8. The summed E-state index contributed by atoms with van der Waals surface area (Å²) in [6.07, 6.45) is 5.59. The van der Waals surface area contributed by atoms with Crippen LogP contribution in [-0.4, -0.2) is 62.2 Å². The number of nitrogens with zero attached hydrogens (tertiary/aromatic N) is 6. The maximum atomic E-state index is 13.7. The first-order valence-corrected chi connectivity index (χ1v) is 15.0. The van der Waals surface area contributed by atoms with E-state index in [0.717, 1.165) is 67.0 Å². The summed E-state index contributed by atoms with van der Waals surface area (Å²) in [5.74, 6) is 0.0933. The number of halogens is 3. The van der Waals surface area contributed by atoms with E-state index in [2.05, 4.69) is 42.0 Å². The molecule has 2 saturated heterocycles. The van der Waals surface area contributed by atoms with Gasteiger partial charge in [0, 0.05) is 34.9 Å². The van der Waals surface area contributed by atoms with Gasteiger partial charge in [0.15, 0.2) is 0 Å². The van der Waals surface area contributed by atoms with Gasteiger partial charge in [0.1, 0.15) is 23.7 Å². The van der Waals surface area contributed by atoms with Crippen LogP contribution in [0.15, 0.2) is 73.2 Å². The minimum absolute atomic E-state index is 0.0306. The third-order valence-electron chi connectivity index (χ3n) is 8.17. The van der Waals surface area contributed by atoms with Crippen LogP contribution in [0, 0.1) is 5.82 Å². The van der Waals surface area contributed by atoms with Crippen LogP contribution in [0.1, 0.15) is 36.2 Å². The quantitative estimate of drug-likeness (QED) is 0.200. The van der Waals surface area contributed by atoms with E-state index in [1.165, 1.54) is 18.5 Å². The topological polar surface area (TPSA) is 93.0 Å². The molecule has 0 saturated carbocycles. The van der Waals surface area contributed by atoms with Gasteiger partial charge < -0.3 is 15.4 Å². The predicted molar refractivity (Wildman–Crippen MR) is 166 cm³/mol. The Morgan fingerprint density at radius 1 is 0.907 bits per heavy atom. The number of hydrogen-bond acceptors (Lipinski definition) is 8. The maximum Gasteiger partial charge on any atom is 0.141 e. The number of benzene rings is 3. The molecule has 2 aromatic heterocycles. The van der Waals surface area contributed by atoms with Crippen molar-refractivity contribution in [2.24, 2.45) is 0 Å². The van der Waals surface area contributed by atoms with Crippen LogP contribution < -0.4 is 10.6 Å². The summed E-state index contributed by atoms with van der Waals surface area (Å²) in [7, 11) is 0. The molecule has 220 valence electrons. The maximum absolute atomic E-state index is 13.7. The molecule has 2 aliphatic heterocycles. The van der Waals surface area contributed by atoms with Crippen molar-refractivity contribution in [3.05, 3.63) is 100 Å². The summed E-state index contributed by atoms with van der Waals surface area (Å²) in [4.78, 5) is 11.4. The van der Waals surface area contributed by atoms with Crippen molar-refractivity contribution in [1.82, 2.24) is 29.9 Å². The van der Waals surface area contributed by atoms with Crippen molar-refractivity contribution < 1.29 is 9.13 Å². The van der Waals surface area contributed by atoms with Gasteiger partial charge in [-0.15, -0.1) is 5.10 Å². The van der Waals surface area contributed by atoms with Crippen LogP contribution in [0.4, 0.5) is 21.6 Å². The average Bonchev–Trinajstić information content (AvgIpc) is 3.48. The first kappa shape index (κ1) is 28.0. The lowest BCUT2D eigenvalue weighted by atomic mass is 10.0. The molecule has 7 rings (SSSR count). The Morgan fingerprint density at radius 3 is 2.44 bits per heavy atom. The molecule has 0 bridgehead atoms. The summed E-state index contributed by atoms with van der Waals surface area (Å²) in [5, 5.41) is 17.6. The van der Waals surface area contributed by atoms with E-state index < -0.39 is 5.82 Å². The fourth-order valence-electron chi connectivity index (χ4n) is 5.66. The van der Waals surface area contributed by atoms with Crippen LogP contribution in [0.3, 0.4) is 0 Å². The zero-order valence-corrected chi connectivity index (χ0v) is 24.6. The molecule has 0 radical (unpaired) electrons. The molecule has 2 N–H and O–H groups in total. The monoisotopic (exact) mass is 618 g/mol.